The molecule has 0 amide bonds. The number of benzene rings is 1. The molecule has 0 aromatic heterocycles. The number of anilines is 1. The van der Waals surface area contributed by atoms with Crippen LogP contribution in [0.2, 0.25) is 0 Å². The van der Waals surface area contributed by atoms with E-state index in [1.54, 1.807) is 11.8 Å². The lowest BCUT2D eigenvalue weighted by Crippen LogP contribution is -2.32. The van der Waals surface area contributed by atoms with Crippen LogP contribution in [-0.4, -0.2) is 37.0 Å². The molecule has 0 spiro atoms. The molecular weight excluding hydrogens is 300 g/mol. The van der Waals surface area contributed by atoms with Gasteiger partial charge in [0.05, 0.1) is 10.5 Å². The second-order valence-corrected chi connectivity index (χ2v) is 7.78. The van der Waals surface area contributed by atoms with E-state index in [-0.39, 0.29) is 20.9 Å². The summed E-state index contributed by atoms with van der Waals surface area (Å²) in [4.78, 5) is 10.9. The number of carboxylic acids is 1. The van der Waals surface area contributed by atoms with Gasteiger partial charge in [-0.15, -0.1) is 0 Å². The van der Waals surface area contributed by atoms with E-state index >= 15 is 0 Å². The van der Waals surface area contributed by atoms with Crippen LogP contribution in [0.1, 0.15) is 23.2 Å². The summed E-state index contributed by atoms with van der Waals surface area (Å²) >= 11 is 1.62. The second-order valence-electron chi connectivity index (χ2n) is 4.77. The Labute approximate surface area is 121 Å². The van der Waals surface area contributed by atoms with Gasteiger partial charge in [-0.2, -0.15) is 11.8 Å². The summed E-state index contributed by atoms with van der Waals surface area (Å²) in [6, 6.07) is 3.75. The maximum absolute atomic E-state index is 12.2. The minimum atomic E-state index is -3.86. The fourth-order valence-electron chi connectivity index (χ4n) is 1.85. The summed E-state index contributed by atoms with van der Waals surface area (Å²) in [5.41, 5.74) is 5.40. The first-order valence-electron chi connectivity index (χ1n) is 5.97. The third-order valence-electron chi connectivity index (χ3n) is 3.35. The number of aromatic carboxylic acids is 1. The highest BCUT2D eigenvalue weighted by Crippen LogP contribution is 2.46. The molecule has 0 unspecified atom stereocenters. The smallest absolute Gasteiger partial charge is 0.337 e. The Morgan fingerprint density at radius 2 is 2.15 bits per heavy atom. The van der Waals surface area contributed by atoms with Crippen molar-refractivity contribution < 1.29 is 18.3 Å². The van der Waals surface area contributed by atoms with E-state index in [0.717, 1.165) is 18.9 Å². The van der Waals surface area contributed by atoms with E-state index in [1.807, 2.05) is 6.26 Å². The molecule has 1 aromatic carbocycles. The van der Waals surface area contributed by atoms with Gasteiger partial charge in [-0.1, -0.05) is 0 Å². The molecule has 4 N–H and O–H groups in total. The fraction of sp³-hybridized carbons (Fsp3) is 0.417. The summed E-state index contributed by atoms with van der Waals surface area (Å²) in [6.45, 7) is 0.305. The number of hydrogen-bond donors (Lipinski definition) is 3. The molecule has 0 radical (unpaired) electrons. The molecule has 1 saturated carbocycles. The Bertz CT molecular complexity index is 639. The Kier molecular flexibility index (Phi) is 3.99. The normalized spacial score (nSPS) is 16.9. The number of thioether (sulfide) groups is 1. The Morgan fingerprint density at radius 3 is 2.65 bits per heavy atom. The summed E-state index contributed by atoms with van der Waals surface area (Å²) in [5.74, 6) is -1.32. The Morgan fingerprint density at radius 1 is 1.50 bits per heavy atom. The lowest BCUT2D eigenvalue weighted by Gasteiger charge is -2.14. The van der Waals surface area contributed by atoms with Crippen molar-refractivity contribution >= 4 is 33.4 Å². The van der Waals surface area contributed by atoms with Crippen LogP contribution in [-0.2, 0) is 10.0 Å². The summed E-state index contributed by atoms with van der Waals surface area (Å²) in [5, 5.41) is 9.09. The molecule has 0 saturated heterocycles. The van der Waals surface area contributed by atoms with Crippen molar-refractivity contribution in [3.05, 3.63) is 23.8 Å². The minimum Gasteiger partial charge on any atom is -0.478 e. The van der Waals surface area contributed by atoms with Crippen molar-refractivity contribution in [2.75, 3.05) is 18.5 Å². The SMILES string of the molecule is CSC1(CNS(=O)(=O)c2ccc(N)cc2C(=O)O)CC1. The summed E-state index contributed by atoms with van der Waals surface area (Å²) in [6.07, 6.45) is 3.86. The molecule has 8 heteroatoms. The number of sulfonamides is 1. The van der Waals surface area contributed by atoms with Crippen LogP contribution in [0.25, 0.3) is 0 Å². The van der Waals surface area contributed by atoms with Crippen molar-refractivity contribution in [3.63, 3.8) is 0 Å². The van der Waals surface area contributed by atoms with Crippen LogP contribution in [0.4, 0.5) is 5.69 Å². The van der Waals surface area contributed by atoms with Gasteiger partial charge in [-0.3, -0.25) is 0 Å². The highest BCUT2D eigenvalue weighted by Gasteiger charge is 2.42. The quantitative estimate of drug-likeness (QED) is 0.679. The monoisotopic (exact) mass is 316 g/mol. The fourth-order valence-corrected chi connectivity index (χ4v) is 3.97. The van der Waals surface area contributed by atoms with Crippen molar-refractivity contribution in [1.82, 2.24) is 4.72 Å². The predicted octanol–water partition coefficient (Wildman–Crippen LogP) is 1.14. The highest BCUT2D eigenvalue weighted by molar-refractivity contribution is 8.00. The molecule has 0 aliphatic heterocycles. The minimum absolute atomic E-state index is 0.0374. The van der Waals surface area contributed by atoms with E-state index in [1.165, 1.54) is 12.1 Å². The van der Waals surface area contributed by atoms with Gasteiger partial charge >= 0.3 is 5.97 Å². The van der Waals surface area contributed by atoms with Gasteiger partial charge in [0.25, 0.3) is 0 Å². The van der Waals surface area contributed by atoms with Crippen LogP contribution in [0, 0.1) is 0 Å². The van der Waals surface area contributed by atoms with Crippen LogP contribution in [0.15, 0.2) is 23.1 Å². The Hall–Kier alpha value is -1.25. The number of carboxylic acid groups (broad SMARTS) is 1. The van der Waals surface area contributed by atoms with Gasteiger partial charge < -0.3 is 10.8 Å². The van der Waals surface area contributed by atoms with Crippen molar-refractivity contribution in [1.29, 1.82) is 0 Å². The van der Waals surface area contributed by atoms with E-state index in [0.29, 0.717) is 6.54 Å². The van der Waals surface area contributed by atoms with Gasteiger partial charge in [0, 0.05) is 17.0 Å². The maximum Gasteiger partial charge on any atom is 0.337 e. The molecule has 20 heavy (non-hydrogen) atoms. The first-order chi connectivity index (χ1) is 9.30. The lowest BCUT2D eigenvalue weighted by atomic mass is 10.2. The van der Waals surface area contributed by atoms with E-state index in [9.17, 15) is 13.2 Å². The van der Waals surface area contributed by atoms with Crippen LogP contribution in [0.5, 0.6) is 0 Å². The molecule has 0 bridgehead atoms. The number of hydrogen-bond acceptors (Lipinski definition) is 5. The second kappa shape index (κ2) is 5.27. The highest BCUT2D eigenvalue weighted by atomic mass is 32.2. The third-order valence-corrected chi connectivity index (χ3v) is 6.23. The number of nitrogens with one attached hydrogen (secondary N) is 1. The van der Waals surface area contributed by atoms with Crippen molar-refractivity contribution in [2.45, 2.75) is 22.5 Å². The van der Waals surface area contributed by atoms with Crippen LogP contribution in [0.3, 0.4) is 0 Å². The maximum atomic E-state index is 12.2. The van der Waals surface area contributed by atoms with Gasteiger partial charge in [-0.25, -0.2) is 17.9 Å². The third kappa shape index (κ3) is 3.08. The molecule has 1 aromatic rings. The number of carbonyl (C=O) groups is 1. The van der Waals surface area contributed by atoms with Gasteiger partial charge in [-0.05, 0) is 37.3 Å². The first-order valence-corrected chi connectivity index (χ1v) is 8.68. The molecule has 0 heterocycles. The molecular formula is C12H16N2O4S2. The average Bonchev–Trinajstić information content (AvgIpc) is 3.17. The molecule has 1 aliphatic rings. The molecule has 0 atom stereocenters. The summed E-state index contributed by atoms with van der Waals surface area (Å²) < 4.78 is 26.9. The van der Waals surface area contributed by atoms with E-state index < -0.39 is 16.0 Å². The molecule has 2 rings (SSSR count). The van der Waals surface area contributed by atoms with Crippen molar-refractivity contribution in [2.24, 2.45) is 0 Å². The number of nitrogens with two attached hydrogens (primary N) is 1. The number of rotatable bonds is 6. The molecule has 6 nitrogen and oxygen atoms in total. The molecule has 1 aliphatic carbocycles. The zero-order valence-corrected chi connectivity index (χ0v) is 12.6. The van der Waals surface area contributed by atoms with Gasteiger partial charge in [0.15, 0.2) is 0 Å². The zero-order chi connectivity index (χ0) is 15.0. The van der Waals surface area contributed by atoms with Crippen LogP contribution < -0.4 is 10.5 Å². The van der Waals surface area contributed by atoms with E-state index in [2.05, 4.69) is 4.72 Å². The van der Waals surface area contributed by atoms with Gasteiger partial charge in [0.2, 0.25) is 10.0 Å². The first kappa shape index (κ1) is 15.1. The Balaban J connectivity index is 2.27. The molecule has 110 valence electrons. The lowest BCUT2D eigenvalue weighted by molar-refractivity contribution is 0.0692. The molecule has 1 fully saturated rings. The number of nitrogen functional groups attached to an aromatic ring is 1. The predicted molar refractivity (Wildman–Crippen MR) is 78.5 cm³/mol. The zero-order valence-electron chi connectivity index (χ0n) is 10.9. The van der Waals surface area contributed by atoms with Gasteiger partial charge in [0.1, 0.15) is 0 Å². The largest absolute Gasteiger partial charge is 0.478 e. The van der Waals surface area contributed by atoms with Crippen LogP contribution >= 0.6 is 11.8 Å². The average molecular weight is 316 g/mol. The van der Waals surface area contributed by atoms with Crippen molar-refractivity contribution in [3.8, 4) is 0 Å². The topological polar surface area (TPSA) is 109 Å². The standard InChI is InChI=1S/C12H16N2O4S2/c1-19-12(4-5-12)7-14-20(17,18)10-3-2-8(13)6-9(10)11(15)16/h2-3,6,14H,4-5,7,13H2,1H3,(H,15,16). The summed E-state index contributed by atoms with van der Waals surface area (Å²) in [7, 11) is -3.86. The van der Waals surface area contributed by atoms with E-state index in [4.69, 9.17) is 10.8 Å².